The SMILES string of the molecule is CC(C)c1cc(OC[C@@H]2Cn3ccc(=O)nc3O2)ccc1C1CCCCC1. The van der Waals surface area contributed by atoms with Gasteiger partial charge >= 0.3 is 0 Å². The minimum atomic E-state index is -0.275. The summed E-state index contributed by atoms with van der Waals surface area (Å²) in [5.41, 5.74) is 2.63. The van der Waals surface area contributed by atoms with Gasteiger partial charge in [0.25, 0.3) is 11.6 Å². The minimum Gasteiger partial charge on any atom is -0.490 e. The van der Waals surface area contributed by atoms with Crippen LogP contribution in [-0.2, 0) is 6.54 Å². The fourth-order valence-electron chi connectivity index (χ4n) is 4.26. The van der Waals surface area contributed by atoms with E-state index in [1.807, 2.05) is 4.57 Å². The molecule has 144 valence electrons. The van der Waals surface area contributed by atoms with Gasteiger partial charge in [0, 0.05) is 12.3 Å². The van der Waals surface area contributed by atoms with Crippen LogP contribution in [0, 0.1) is 0 Å². The van der Waals surface area contributed by atoms with Crippen LogP contribution in [0.2, 0.25) is 0 Å². The summed E-state index contributed by atoms with van der Waals surface area (Å²) >= 11 is 0. The highest BCUT2D eigenvalue weighted by molar-refractivity contribution is 5.40. The molecule has 4 rings (SSSR count). The van der Waals surface area contributed by atoms with Gasteiger partial charge in [0.15, 0.2) is 6.10 Å². The molecule has 0 amide bonds. The summed E-state index contributed by atoms with van der Waals surface area (Å²) in [7, 11) is 0. The summed E-state index contributed by atoms with van der Waals surface area (Å²) in [6.45, 7) is 5.60. The smallest absolute Gasteiger partial charge is 0.300 e. The molecular formula is C22H28N2O3. The van der Waals surface area contributed by atoms with Crippen molar-refractivity contribution < 1.29 is 9.47 Å². The first-order valence-electron chi connectivity index (χ1n) is 10.1. The largest absolute Gasteiger partial charge is 0.490 e. The summed E-state index contributed by atoms with van der Waals surface area (Å²) in [5, 5.41) is 0. The average Bonchev–Trinajstić information content (AvgIpc) is 3.09. The Morgan fingerprint density at radius 1 is 1.22 bits per heavy atom. The molecule has 2 aromatic rings. The molecule has 1 aliphatic heterocycles. The van der Waals surface area contributed by atoms with Crippen LogP contribution in [-0.4, -0.2) is 22.3 Å². The highest BCUT2D eigenvalue weighted by Gasteiger charge is 2.24. The van der Waals surface area contributed by atoms with E-state index in [-0.39, 0.29) is 11.7 Å². The molecule has 2 aliphatic rings. The molecule has 5 nitrogen and oxygen atoms in total. The molecule has 27 heavy (non-hydrogen) atoms. The van der Waals surface area contributed by atoms with Crippen molar-refractivity contribution in [2.45, 2.75) is 70.4 Å². The molecule has 0 radical (unpaired) electrons. The monoisotopic (exact) mass is 368 g/mol. The van der Waals surface area contributed by atoms with Gasteiger partial charge in [0.05, 0.1) is 6.54 Å². The number of aromatic nitrogens is 2. The van der Waals surface area contributed by atoms with E-state index in [2.05, 4.69) is 37.0 Å². The molecule has 5 heteroatoms. The first-order valence-corrected chi connectivity index (χ1v) is 10.1. The molecule has 1 aliphatic carbocycles. The van der Waals surface area contributed by atoms with E-state index in [1.165, 1.54) is 49.3 Å². The molecule has 0 saturated heterocycles. The summed E-state index contributed by atoms with van der Waals surface area (Å²) in [6.07, 6.45) is 8.27. The van der Waals surface area contributed by atoms with Crippen LogP contribution in [0.4, 0.5) is 0 Å². The van der Waals surface area contributed by atoms with Crippen LogP contribution < -0.4 is 15.0 Å². The molecule has 1 aromatic heterocycles. The number of benzene rings is 1. The number of rotatable bonds is 5. The highest BCUT2D eigenvalue weighted by Crippen LogP contribution is 2.38. The third-order valence-corrected chi connectivity index (χ3v) is 5.68. The summed E-state index contributed by atoms with van der Waals surface area (Å²) < 4.78 is 13.6. The molecule has 0 unspecified atom stereocenters. The zero-order chi connectivity index (χ0) is 18.8. The van der Waals surface area contributed by atoms with Crippen LogP contribution in [0.3, 0.4) is 0 Å². The zero-order valence-corrected chi connectivity index (χ0v) is 16.2. The second kappa shape index (κ2) is 7.75. The molecule has 1 fully saturated rings. The maximum absolute atomic E-state index is 11.3. The lowest BCUT2D eigenvalue weighted by Crippen LogP contribution is -2.23. The lowest BCUT2D eigenvalue weighted by Gasteiger charge is -2.26. The predicted octanol–water partition coefficient (Wildman–Crippen LogP) is 4.25. The van der Waals surface area contributed by atoms with Crippen molar-refractivity contribution in [3.63, 3.8) is 0 Å². The lowest BCUT2D eigenvalue weighted by molar-refractivity contribution is 0.143. The number of fused-ring (bicyclic) bond motifs is 1. The van der Waals surface area contributed by atoms with E-state index >= 15 is 0 Å². The third kappa shape index (κ3) is 4.02. The average molecular weight is 368 g/mol. The molecule has 0 spiro atoms. The summed E-state index contributed by atoms with van der Waals surface area (Å²) in [5.74, 6) is 2.06. The first kappa shape index (κ1) is 18.1. The lowest BCUT2D eigenvalue weighted by atomic mass is 9.80. The topological polar surface area (TPSA) is 53.4 Å². The van der Waals surface area contributed by atoms with Crippen LogP contribution in [0.1, 0.15) is 68.9 Å². The normalized spacial score (nSPS) is 19.7. The van der Waals surface area contributed by atoms with Crippen molar-refractivity contribution in [3.8, 4) is 11.8 Å². The van der Waals surface area contributed by atoms with E-state index in [0.717, 1.165) is 5.75 Å². The quantitative estimate of drug-likeness (QED) is 0.791. The van der Waals surface area contributed by atoms with Crippen molar-refractivity contribution in [2.75, 3.05) is 6.61 Å². The van der Waals surface area contributed by atoms with Crippen molar-refractivity contribution in [3.05, 3.63) is 51.9 Å². The van der Waals surface area contributed by atoms with Gasteiger partial charge in [-0.05, 0) is 47.9 Å². The van der Waals surface area contributed by atoms with Crippen LogP contribution >= 0.6 is 0 Å². The number of nitrogens with zero attached hydrogens (tertiary/aromatic N) is 2. The fraction of sp³-hybridized carbons (Fsp3) is 0.545. The minimum absolute atomic E-state index is 0.125. The van der Waals surface area contributed by atoms with Gasteiger partial charge in [-0.15, -0.1) is 0 Å². The first-order chi connectivity index (χ1) is 13.1. The predicted molar refractivity (Wildman–Crippen MR) is 105 cm³/mol. The Morgan fingerprint density at radius 3 is 2.81 bits per heavy atom. The Labute approximate surface area is 160 Å². The van der Waals surface area contributed by atoms with E-state index in [1.54, 1.807) is 6.20 Å². The van der Waals surface area contributed by atoms with E-state index < -0.39 is 0 Å². The standard InChI is InChI=1S/C22H28N2O3/c1-15(2)20-12-17(8-9-19(20)16-6-4-3-5-7-16)26-14-18-13-24-11-10-21(25)23-22(24)27-18/h8-12,15-16,18H,3-7,13-14H2,1-2H3/t18-/m0/s1. The van der Waals surface area contributed by atoms with Gasteiger partial charge < -0.3 is 9.47 Å². The van der Waals surface area contributed by atoms with Gasteiger partial charge in [-0.3, -0.25) is 9.36 Å². The van der Waals surface area contributed by atoms with Crippen molar-refractivity contribution >= 4 is 0 Å². The maximum Gasteiger partial charge on any atom is 0.300 e. The number of hydrogen-bond donors (Lipinski definition) is 0. The molecule has 0 N–H and O–H groups in total. The van der Waals surface area contributed by atoms with E-state index in [4.69, 9.17) is 9.47 Å². The van der Waals surface area contributed by atoms with Gasteiger partial charge in [-0.2, -0.15) is 4.98 Å². The summed E-state index contributed by atoms with van der Waals surface area (Å²) in [4.78, 5) is 15.2. The Bertz CT molecular complexity index is 853. The van der Waals surface area contributed by atoms with Crippen LogP contribution in [0.5, 0.6) is 11.8 Å². The van der Waals surface area contributed by atoms with Crippen LogP contribution in [0.25, 0.3) is 0 Å². The number of hydrogen-bond acceptors (Lipinski definition) is 4. The molecule has 1 saturated carbocycles. The molecule has 0 bridgehead atoms. The van der Waals surface area contributed by atoms with E-state index in [9.17, 15) is 4.79 Å². The molecular weight excluding hydrogens is 340 g/mol. The molecule has 1 aromatic carbocycles. The highest BCUT2D eigenvalue weighted by atomic mass is 16.6. The molecule has 1 atom stereocenters. The third-order valence-electron chi connectivity index (χ3n) is 5.68. The van der Waals surface area contributed by atoms with Crippen LogP contribution in [0.15, 0.2) is 35.3 Å². The van der Waals surface area contributed by atoms with Crippen molar-refractivity contribution in [2.24, 2.45) is 0 Å². The number of ether oxygens (including phenoxy) is 2. The van der Waals surface area contributed by atoms with Gasteiger partial charge in [0.1, 0.15) is 12.4 Å². The zero-order valence-electron chi connectivity index (χ0n) is 16.2. The second-order valence-electron chi connectivity index (χ2n) is 8.03. The van der Waals surface area contributed by atoms with Crippen molar-refractivity contribution in [1.29, 1.82) is 0 Å². The van der Waals surface area contributed by atoms with Gasteiger partial charge in [-0.25, -0.2) is 0 Å². The van der Waals surface area contributed by atoms with E-state index in [0.29, 0.717) is 31.0 Å². The Hall–Kier alpha value is -2.30. The Morgan fingerprint density at radius 2 is 2.04 bits per heavy atom. The Balaban J connectivity index is 1.43. The van der Waals surface area contributed by atoms with Gasteiger partial charge in [0.2, 0.25) is 0 Å². The maximum atomic E-state index is 11.3. The summed E-state index contributed by atoms with van der Waals surface area (Å²) in [6, 6.07) is 8.41. The second-order valence-corrected chi connectivity index (χ2v) is 8.03. The molecule has 2 heterocycles. The fourth-order valence-corrected chi connectivity index (χ4v) is 4.26. The van der Waals surface area contributed by atoms with Gasteiger partial charge in [-0.1, -0.05) is 39.2 Å². The Kier molecular flexibility index (Phi) is 5.19. The van der Waals surface area contributed by atoms with Crippen molar-refractivity contribution in [1.82, 2.24) is 9.55 Å².